The first-order chi connectivity index (χ1) is 11.5. The van der Waals surface area contributed by atoms with Gasteiger partial charge in [-0.3, -0.25) is 9.59 Å². The highest BCUT2D eigenvalue weighted by Gasteiger charge is 2.39. The second-order valence-electron chi connectivity index (χ2n) is 7.17. The van der Waals surface area contributed by atoms with Crippen molar-refractivity contribution in [2.24, 2.45) is 11.8 Å². The molecule has 3 rings (SSSR count). The van der Waals surface area contributed by atoms with Crippen LogP contribution in [0.2, 0.25) is 0 Å². The van der Waals surface area contributed by atoms with Crippen LogP contribution in [0.1, 0.15) is 56.9 Å². The molecule has 0 aliphatic heterocycles. The first-order valence-corrected chi connectivity index (χ1v) is 8.81. The Morgan fingerprint density at radius 2 is 1.54 bits per heavy atom. The molecule has 1 aromatic carbocycles. The van der Waals surface area contributed by atoms with E-state index in [1.807, 2.05) is 0 Å². The van der Waals surface area contributed by atoms with E-state index in [0.29, 0.717) is 25.7 Å². The summed E-state index contributed by atoms with van der Waals surface area (Å²) in [5.41, 5.74) is 0.572. The van der Waals surface area contributed by atoms with E-state index < -0.39 is 11.5 Å². The fraction of sp³-hybridized carbons (Fsp3) is 0.579. The van der Waals surface area contributed by atoms with E-state index in [1.165, 1.54) is 12.1 Å². The molecule has 130 valence electrons. The number of carbonyl (C=O) groups excluding carboxylic acids is 1. The van der Waals surface area contributed by atoms with Crippen LogP contribution in [0.4, 0.5) is 4.39 Å². The number of carboxylic acids is 1. The fourth-order valence-electron chi connectivity index (χ4n) is 4.17. The molecule has 24 heavy (non-hydrogen) atoms. The van der Waals surface area contributed by atoms with Gasteiger partial charge in [-0.1, -0.05) is 25.0 Å². The van der Waals surface area contributed by atoms with Gasteiger partial charge < -0.3 is 10.4 Å². The van der Waals surface area contributed by atoms with Crippen LogP contribution in [-0.2, 0) is 15.1 Å². The first-order valence-electron chi connectivity index (χ1n) is 8.81. The van der Waals surface area contributed by atoms with Crippen molar-refractivity contribution in [1.29, 1.82) is 0 Å². The topological polar surface area (TPSA) is 66.4 Å². The SMILES string of the molecule is O=C(O)C1CCC(C(=O)NC2(c3ccc(F)cc3)CCCC2)CC1. The monoisotopic (exact) mass is 333 g/mol. The minimum absolute atomic E-state index is 0.0186. The lowest BCUT2D eigenvalue weighted by atomic mass is 9.80. The van der Waals surface area contributed by atoms with Gasteiger partial charge in [-0.05, 0) is 56.2 Å². The van der Waals surface area contributed by atoms with E-state index >= 15 is 0 Å². The van der Waals surface area contributed by atoms with Gasteiger partial charge in [0.25, 0.3) is 0 Å². The molecule has 2 aliphatic rings. The molecule has 2 fully saturated rings. The van der Waals surface area contributed by atoms with Gasteiger partial charge in [0.15, 0.2) is 0 Å². The van der Waals surface area contributed by atoms with Crippen molar-refractivity contribution in [3.8, 4) is 0 Å². The summed E-state index contributed by atoms with van der Waals surface area (Å²) in [6.07, 6.45) is 6.22. The molecule has 0 radical (unpaired) electrons. The summed E-state index contributed by atoms with van der Waals surface area (Å²) >= 11 is 0. The highest BCUT2D eigenvalue weighted by molar-refractivity contribution is 5.80. The number of rotatable bonds is 4. The third-order valence-electron chi connectivity index (χ3n) is 5.66. The molecule has 0 bridgehead atoms. The van der Waals surface area contributed by atoms with Gasteiger partial charge in [-0.2, -0.15) is 0 Å². The second kappa shape index (κ2) is 6.91. The minimum Gasteiger partial charge on any atom is -0.481 e. The molecule has 4 nitrogen and oxygen atoms in total. The van der Waals surface area contributed by atoms with E-state index in [1.54, 1.807) is 12.1 Å². The number of carboxylic acid groups (broad SMARTS) is 1. The van der Waals surface area contributed by atoms with Crippen LogP contribution in [0.5, 0.6) is 0 Å². The number of aliphatic carboxylic acids is 1. The lowest BCUT2D eigenvalue weighted by molar-refractivity contribution is -0.144. The third-order valence-corrected chi connectivity index (χ3v) is 5.66. The number of hydrogen-bond acceptors (Lipinski definition) is 2. The lowest BCUT2D eigenvalue weighted by Crippen LogP contribution is -2.47. The van der Waals surface area contributed by atoms with Gasteiger partial charge in [-0.25, -0.2) is 4.39 Å². The van der Waals surface area contributed by atoms with E-state index in [-0.39, 0.29) is 23.6 Å². The number of halogens is 1. The Bertz CT molecular complexity index is 600. The van der Waals surface area contributed by atoms with Crippen LogP contribution in [0, 0.1) is 17.7 Å². The zero-order valence-corrected chi connectivity index (χ0v) is 13.8. The maximum atomic E-state index is 13.2. The molecule has 2 saturated carbocycles. The number of carbonyl (C=O) groups is 2. The van der Waals surface area contributed by atoms with E-state index in [4.69, 9.17) is 5.11 Å². The Hall–Kier alpha value is -1.91. The Kier molecular flexibility index (Phi) is 4.88. The molecule has 0 atom stereocenters. The quantitative estimate of drug-likeness (QED) is 0.885. The van der Waals surface area contributed by atoms with Crippen LogP contribution in [0.15, 0.2) is 24.3 Å². The van der Waals surface area contributed by atoms with Crippen LogP contribution < -0.4 is 5.32 Å². The van der Waals surface area contributed by atoms with Crippen molar-refractivity contribution in [3.63, 3.8) is 0 Å². The average molecular weight is 333 g/mol. The summed E-state index contributed by atoms with van der Waals surface area (Å²) in [6, 6.07) is 6.42. The van der Waals surface area contributed by atoms with E-state index in [2.05, 4.69) is 5.32 Å². The Morgan fingerprint density at radius 3 is 2.08 bits per heavy atom. The molecule has 2 N–H and O–H groups in total. The fourth-order valence-corrected chi connectivity index (χ4v) is 4.17. The lowest BCUT2D eigenvalue weighted by Gasteiger charge is -2.34. The van der Waals surface area contributed by atoms with Crippen molar-refractivity contribution in [2.75, 3.05) is 0 Å². The molecule has 0 saturated heterocycles. The smallest absolute Gasteiger partial charge is 0.306 e. The molecule has 1 amide bonds. The number of amides is 1. The van der Waals surface area contributed by atoms with Gasteiger partial charge in [0.1, 0.15) is 5.82 Å². The molecular weight excluding hydrogens is 309 g/mol. The number of benzene rings is 1. The molecular formula is C19H24FNO3. The van der Waals surface area contributed by atoms with Gasteiger partial charge in [0.2, 0.25) is 5.91 Å². The zero-order chi connectivity index (χ0) is 17.2. The maximum absolute atomic E-state index is 13.2. The average Bonchev–Trinajstić information content (AvgIpc) is 3.05. The van der Waals surface area contributed by atoms with Crippen molar-refractivity contribution in [1.82, 2.24) is 5.32 Å². The highest BCUT2D eigenvalue weighted by atomic mass is 19.1. The molecule has 0 unspecified atom stereocenters. The third kappa shape index (κ3) is 3.45. The number of nitrogens with one attached hydrogen (secondary N) is 1. The van der Waals surface area contributed by atoms with Crippen LogP contribution in [-0.4, -0.2) is 17.0 Å². The predicted molar refractivity (Wildman–Crippen MR) is 87.8 cm³/mol. The molecule has 0 heterocycles. The van der Waals surface area contributed by atoms with Crippen LogP contribution >= 0.6 is 0 Å². The zero-order valence-electron chi connectivity index (χ0n) is 13.8. The van der Waals surface area contributed by atoms with Crippen molar-refractivity contribution in [2.45, 2.75) is 56.9 Å². The summed E-state index contributed by atoms with van der Waals surface area (Å²) in [5, 5.41) is 12.3. The standard InChI is InChI=1S/C19H24FNO3/c20-16-9-7-15(8-10-16)19(11-1-2-12-19)21-17(22)13-3-5-14(6-4-13)18(23)24/h7-10,13-14H,1-6,11-12H2,(H,21,22)(H,23,24). The van der Waals surface area contributed by atoms with Crippen LogP contribution in [0.25, 0.3) is 0 Å². The largest absolute Gasteiger partial charge is 0.481 e. The first kappa shape index (κ1) is 16.9. The molecule has 2 aliphatic carbocycles. The highest BCUT2D eigenvalue weighted by Crippen LogP contribution is 2.40. The Balaban J connectivity index is 1.69. The normalized spacial score (nSPS) is 26.0. The van der Waals surface area contributed by atoms with Crippen molar-refractivity contribution >= 4 is 11.9 Å². The van der Waals surface area contributed by atoms with E-state index in [9.17, 15) is 14.0 Å². The molecule has 0 aromatic heterocycles. The summed E-state index contributed by atoms with van der Waals surface area (Å²) in [4.78, 5) is 23.8. The van der Waals surface area contributed by atoms with E-state index in [0.717, 1.165) is 31.2 Å². The Morgan fingerprint density at radius 1 is 1.00 bits per heavy atom. The summed E-state index contributed by atoms with van der Waals surface area (Å²) in [5.74, 6) is -1.44. The molecule has 0 spiro atoms. The number of hydrogen-bond donors (Lipinski definition) is 2. The molecule has 1 aromatic rings. The van der Waals surface area contributed by atoms with Gasteiger partial charge in [0.05, 0.1) is 11.5 Å². The van der Waals surface area contributed by atoms with Gasteiger partial charge >= 0.3 is 5.97 Å². The summed E-state index contributed by atoms with van der Waals surface area (Å²) < 4.78 is 13.2. The van der Waals surface area contributed by atoms with Crippen molar-refractivity contribution in [3.05, 3.63) is 35.6 Å². The minimum atomic E-state index is -0.757. The summed E-state index contributed by atoms with van der Waals surface area (Å²) in [6.45, 7) is 0. The van der Waals surface area contributed by atoms with Gasteiger partial charge in [0, 0.05) is 5.92 Å². The van der Waals surface area contributed by atoms with Crippen molar-refractivity contribution < 1.29 is 19.1 Å². The maximum Gasteiger partial charge on any atom is 0.306 e. The molecule has 5 heteroatoms. The Labute approximate surface area is 141 Å². The predicted octanol–water partition coefficient (Wildman–Crippen LogP) is 3.60. The summed E-state index contributed by atoms with van der Waals surface area (Å²) in [7, 11) is 0. The second-order valence-corrected chi connectivity index (χ2v) is 7.17. The van der Waals surface area contributed by atoms with Gasteiger partial charge in [-0.15, -0.1) is 0 Å². The van der Waals surface area contributed by atoms with Crippen LogP contribution in [0.3, 0.4) is 0 Å².